The lowest BCUT2D eigenvalue weighted by Crippen LogP contribution is -2.37. The monoisotopic (exact) mass is 249 g/mol. The van der Waals surface area contributed by atoms with Crippen LogP contribution in [0.25, 0.3) is 0 Å². The van der Waals surface area contributed by atoms with Crippen molar-refractivity contribution < 1.29 is 9.59 Å². The number of aryl methyl sites for hydroxylation is 1. The molecule has 1 aromatic rings. The number of rotatable bonds is 5. The third-order valence-corrected chi connectivity index (χ3v) is 2.60. The van der Waals surface area contributed by atoms with E-state index in [1.54, 1.807) is 12.4 Å². The molecule has 96 valence electrons. The van der Waals surface area contributed by atoms with Crippen LogP contribution in [-0.4, -0.2) is 34.0 Å². The van der Waals surface area contributed by atoms with E-state index in [2.05, 4.69) is 25.8 Å². The van der Waals surface area contributed by atoms with Gasteiger partial charge in [0.25, 0.3) is 5.91 Å². The highest BCUT2D eigenvalue weighted by atomic mass is 16.2. The molecule has 18 heavy (non-hydrogen) atoms. The van der Waals surface area contributed by atoms with Crippen molar-refractivity contribution in [3.63, 3.8) is 0 Å². The smallest absolute Gasteiger partial charge is 0.267 e. The minimum Gasteiger partial charge on any atom is -0.351 e. The normalized spacial score (nSPS) is 14.9. The standard InChI is InChI=1S/C11H15N5O2/c17-10-4-3-8(15-16-10)11(18)14-5-1-2-9-12-6-7-13-9/h6-7H,1-5H2,(H,12,13)(H,14,18)(H,16,17). The summed E-state index contributed by atoms with van der Waals surface area (Å²) in [4.78, 5) is 29.6. The quantitative estimate of drug-likeness (QED) is 0.626. The van der Waals surface area contributed by atoms with Crippen LogP contribution >= 0.6 is 0 Å². The maximum Gasteiger partial charge on any atom is 0.267 e. The van der Waals surface area contributed by atoms with Gasteiger partial charge >= 0.3 is 0 Å². The highest BCUT2D eigenvalue weighted by Gasteiger charge is 2.17. The summed E-state index contributed by atoms with van der Waals surface area (Å²) in [5, 5.41) is 6.49. The Bertz CT molecular complexity index is 452. The highest BCUT2D eigenvalue weighted by Crippen LogP contribution is 1.99. The average molecular weight is 249 g/mol. The van der Waals surface area contributed by atoms with Gasteiger partial charge in [-0.15, -0.1) is 0 Å². The first-order chi connectivity index (χ1) is 8.75. The Labute approximate surface area is 104 Å². The van der Waals surface area contributed by atoms with Crippen molar-refractivity contribution in [2.45, 2.75) is 25.7 Å². The minimum atomic E-state index is -0.213. The van der Waals surface area contributed by atoms with Gasteiger partial charge in [-0.25, -0.2) is 10.4 Å². The van der Waals surface area contributed by atoms with Crippen LogP contribution in [0.1, 0.15) is 25.1 Å². The van der Waals surface area contributed by atoms with Crippen LogP contribution in [0.2, 0.25) is 0 Å². The van der Waals surface area contributed by atoms with Gasteiger partial charge in [0.05, 0.1) is 0 Å². The summed E-state index contributed by atoms with van der Waals surface area (Å²) < 4.78 is 0. The molecule has 0 unspecified atom stereocenters. The molecule has 7 nitrogen and oxygen atoms in total. The molecule has 0 aliphatic carbocycles. The van der Waals surface area contributed by atoms with E-state index in [1.807, 2.05) is 0 Å². The van der Waals surface area contributed by atoms with Crippen molar-refractivity contribution >= 4 is 17.5 Å². The van der Waals surface area contributed by atoms with Crippen molar-refractivity contribution in [3.05, 3.63) is 18.2 Å². The second-order valence-corrected chi connectivity index (χ2v) is 3.99. The maximum atomic E-state index is 11.6. The molecule has 0 saturated carbocycles. The Balaban J connectivity index is 1.67. The number of hydrogen-bond donors (Lipinski definition) is 3. The number of carbonyl (C=O) groups is 2. The van der Waals surface area contributed by atoms with Crippen LogP contribution in [0, 0.1) is 0 Å². The molecule has 0 spiro atoms. The van der Waals surface area contributed by atoms with E-state index in [0.29, 0.717) is 25.1 Å². The lowest BCUT2D eigenvalue weighted by Gasteiger charge is -2.11. The van der Waals surface area contributed by atoms with Crippen molar-refractivity contribution in [2.75, 3.05) is 6.54 Å². The van der Waals surface area contributed by atoms with E-state index in [0.717, 1.165) is 18.7 Å². The predicted octanol–water partition coefficient (Wildman–Crippen LogP) is -0.276. The molecule has 2 rings (SSSR count). The first kappa shape index (κ1) is 12.3. The number of H-pyrrole nitrogens is 1. The van der Waals surface area contributed by atoms with Crippen LogP contribution in [0.4, 0.5) is 0 Å². The number of hydrazone groups is 1. The van der Waals surface area contributed by atoms with Gasteiger partial charge in [0.2, 0.25) is 5.91 Å². The summed E-state index contributed by atoms with van der Waals surface area (Å²) in [6.07, 6.45) is 5.78. The fourth-order valence-corrected chi connectivity index (χ4v) is 1.63. The first-order valence-corrected chi connectivity index (χ1v) is 5.87. The number of hydrogen-bond acceptors (Lipinski definition) is 4. The summed E-state index contributed by atoms with van der Waals surface area (Å²) in [5.74, 6) is 0.547. The zero-order valence-electron chi connectivity index (χ0n) is 9.90. The van der Waals surface area contributed by atoms with Gasteiger partial charge in [-0.2, -0.15) is 5.10 Å². The SMILES string of the molecule is O=C1CCC(C(=O)NCCCc2ncc[nH]2)=NN1. The van der Waals surface area contributed by atoms with Crippen molar-refractivity contribution in [3.8, 4) is 0 Å². The van der Waals surface area contributed by atoms with Gasteiger partial charge < -0.3 is 10.3 Å². The van der Waals surface area contributed by atoms with Crippen LogP contribution < -0.4 is 10.7 Å². The number of aromatic amines is 1. The summed E-state index contributed by atoms with van der Waals surface area (Å²) in [6, 6.07) is 0. The minimum absolute atomic E-state index is 0.149. The third kappa shape index (κ3) is 3.41. The number of amides is 2. The van der Waals surface area contributed by atoms with Gasteiger partial charge in [0, 0.05) is 38.2 Å². The fraction of sp³-hybridized carbons (Fsp3) is 0.455. The summed E-state index contributed by atoms with van der Waals surface area (Å²) >= 11 is 0. The molecule has 0 radical (unpaired) electrons. The van der Waals surface area contributed by atoms with Crippen LogP contribution in [-0.2, 0) is 16.0 Å². The van der Waals surface area contributed by atoms with Gasteiger partial charge in [-0.1, -0.05) is 0 Å². The predicted molar refractivity (Wildman–Crippen MR) is 64.7 cm³/mol. The number of carbonyl (C=O) groups excluding carboxylic acids is 2. The molecule has 2 heterocycles. The topological polar surface area (TPSA) is 99.2 Å². The van der Waals surface area contributed by atoms with E-state index in [-0.39, 0.29) is 11.8 Å². The van der Waals surface area contributed by atoms with Crippen molar-refractivity contribution in [2.24, 2.45) is 5.10 Å². The molecule has 0 saturated heterocycles. The van der Waals surface area contributed by atoms with Crippen LogP contribution in [0.3, 0.4) is 0 Å². The number of aromatic nitrogens is 2. The van der Waals surface area contributed by atoms with E-state index in [1.165, 1.54) is 0 Å². The summed E-state index contributed by atoms with van der Waals surface area (Å²) in [6.45, 7) is 0.562. The molecule has 1 aliphatic rings. The molecule has 0 aromatic carbocycles. The number of nitrogens with zero attached hydrogens (tertiary/aromatic N) is 2. The Kier molecular flexibility index (Phi) is 4.06. The molecule has 7 heteroatoms. The largest absolute Gasteiger partial charge is 0.351 e. The second-order valence-electron chi connectivity index (χ2n) is 3.99. The molecule has 1 aromatic heterocycles. The van der Waals surface area contributed by atoms with E-state index < -0.39 is 0 Å². The lowest BCUT2D eigenvalue weighted by atomic mass is 10.1. The highest BCUT2D eigenvalue weighted by molar-refractivity contribution is 6.39. The van der Waals surface area contributed by atoms with Crippen molar-refractivity contribution in [1.29, 1.82) is 0 Å². The molecular formula is C11H15N5O2. The number of nitrogens with one attached hydrogen (secondary N) is 3. The number of imidazole rings is 1. The van der Waals surface area contributed by atoms with Crippen LogP contribution in [0.5, 0.6) is 0 Å². The average Bonchev–Trinajstić information content (AvgIpc) is 2.88. The molecule has 2 amide bonds. The lowest BCUT2D eigenvalue weighted by molar-refractivity contribution is -0.121. The molecule has 1 aliphatic heterocycles. The zero-order valence-corrected chi connectivity index (χ0v) is 9.90. The van der Waals surface area contributed by atoms with Gasteiger partial charge in [-0.05, 0) is 6.42 Å². The fourth-order valence-electron chi connectivity index (χ4n) is 1.63. The van der Waals surface area contributed by atoms with E-state index in [9.17, 15) is 9.59 Å². The Morgan fingerprint density at radius 2 is 2.33 bits per heavy atom. The Hall–Kier alpha value is -2.18. The Morgan fingerprint density at radius 1 is 1.44 bits per heavy atom. The van der Waals surface area contributed by atoms with Gasteiger partial charge in [0.15, 0.2) is 0 Å². The van der Waals surface area contributed by atoms with Crippen LogP contribution in [0.15, 0.2) is 17.5 Å². The van der Waals surface area contributed by atoms with Crippen molar-refractivity contribution in [1.82, 2.24) is 20.7 Å². The van der Waals surface area contributed by atoms with E-state index >= 15 is 0 Å². The Morgan fingerprint density at radius 3 is 3.00 bits per heavy atom. The third-order valence-electron chi connectivity index (χ3n) is 2.60. The summed E-state index contributed by atoms with van der Waals surface area (Å²) in [7, 11) is 0. The first-order valence-electron chi connectivity index (χ1n) is 5.87. The zero-order chi connectivity index (χ0) is 12.8. The molecule has 3 N–H and O–H groups in total. The van der Waals surface area contributed by atoms with Gasteiger partial charge in [0.1, 0.15) is 11.5 Å². The second kappa shape index (κ2) is 5.95. The molecular weight excluding hydrogens is 234 g/mol. The molecule has 0 atom stereocenters. The summed E-state index contributed by atoms with van der Waals surface area (Å²) in [5.41, 5.74) is 2.68. The maximum absolute atomic E-state index is 11.6. The molecule has 0 fully saturated rings. The van der Waals surface area contributed by atoms with Gasteiger partial charge in [-0.3, -0.25) is 9.59 Å². The molecule has 0 bridgehead atoms. The van der Waals surface area contributed by atoms with E-state index in [4.69, 9.17) is 0 Å².